The van der Waals surface area contributed by atoms with Crippen LogP contribution in [0.3, 0.4) is 0 Å². The van der Waals surface area contributed by atoms with Gasteiger partial charge in [0.05, 0.1) is 17.8 Å². The molecule has 0 aromatic carbocycles. The Morgan fingerprint density at radius 3 is 2.42 bits per heavy atom. The molecule has 1 aliphatic heterocycles. The van der Waals surface area contributed by atoms with Crippen LogP contribution in [-0.2, 0) is 14.3 Å². The van der Waals surface area contributed by atoms with E-state index in [-0.39, 0.29) is 18.1 Å². The first-order valence-electron chi connectivity index (χ1n) is 7.00. The van der Waals surface area contributed by atoms with Crippen LogP contribution in [0.15, 0.2) is 11.3 Å². The predicted molar refractivity (Wildman–Crippen MR) is 71.0 cm³/mol. The minimum atomic E-state index is -0.585. The molecule has 5 heteroatoms. The van der Waals surface area contributed by atoms with Gasteiger partial charge in [-0.15, -0.1) is 0 Å². The summed E-state index contributed by atoms with van der Waals surface area (Å²) < 4.78 is 4.96. The molecular formula is C14H22N2O3. The first kappa shape index (κ1) is 13.9. The molecule has 0 aromatic heterocycles. The van der Waals surface area contributed by atoms with E-state index in [1.54, 1.807) is 18.9 Å². The fourth-order valence-corrected chi connectivity index (χ4v) is 3.21. The molecular weight excluding hydrogens is 244 g/mol. The highest BCUT2D eigenvalue weighted by Gasteiger charge is 2.50. The Labute approximate surface area is 113 Å². The van der Waals surface area contributed by atoms with E-state index in [0.717, 1.165) is 38.5 Å². The van der Waals surface area contributed by atoms with E-state index in [1.807, 2.05) is 0 Å². The van der Waals surface area contributed by atoms with E-state index < -0.39 is 11.5 Å². The van der Waals surface area contributed by atoms with Gasteiger partial charge in [-0.25, -0.2) is 4.79 Å². The molecule has 0 atom stereocenters. The quantitative estimate of drug-likeness (QED) is 0.604. The number of nitrogens with zero attached hydrogens (tertiary/aromatic N) is 1. The molecule has 106 valence electrons. The van der Waals surface area contributed by atoms with Gasteiger partial charge in [0, 0.05) is 7.05 Å². The van der Waals surface area contributed by atoms with E-state index in [4.69, 9.17) is 10.5 Å². The number of rotatable bonds is 2. The smallest absolute Gasteiger partial charge is 0.345 e. The highest BCUT2D eigenvalue weighted by Crippen LogP contribution is 2.42. The summed E-state index contributed by atoms with van der Waals surface area (Å²) in [6.07, 6.45) is 6.06. The molecule has 0 saturated heterocycles. The number of esters is 1. The van der Waals surface area contributed by atoms with Crippen molar-refractivity contribution in [1.82, 2.24) is 4.90 Å². The minimum Gasteiger partial charge on any atom is -0.462 e. The van der Waals surface area contributed by atoms with Gasteiger partial charge in [-0.1, -0.05) is 25.7 Å². The van der Waals surface area contributed by atoms with Crippen LogP contribution >= 0.6 is 0 Å². The fourth-order valence-electron chi connectivity index (χ4n) is 3.21. The number of nitrogens with two attached hydrogens (primary N) is 1. The average Bonchev–Trinajstić information content (AvgIpc) is 2.58. The number of ether oxygens (including phenoxy) is 1. The van der Waals surface area contributed by atoms with Crippen molar-refractivity contribution >= 4 is 11.9 Å². The molecule has 0 unspecified atom stereocenters. The lowest BCUT2D eigenvalue weighted by Crippen LogP contribution is -2.47. The van der Waals surface area contributed by atoms with Crippen molar-refractivity contribution in [2.24, 2.45) is 5.73 Å². The first-order chi connectivity index (χ1) is 9.04. The van der Waals surface area contributed by atoms with Crippen LogP contribution in [0, 0.1) is 0 Å². The van der Waals surface area contributed by atoms with Crippen LogP contribution in [0.2, 0.25) is 0 Å². The maximum atomic E-state index is 12.3. The second-order valence-corrected chi connectivity index (χ2v) is 5.32. The van der Waals surface area contributed by atoms with Crippen LogP contribution in [0.1, 0.15) is 45.4 Å². The molecule has 19 heavy (non-hydrogen) atoms. The van der Waals surface area contributed by atoms with Crippen LogP contribution < -0.4 is 5.73 Å². The molecule has 1 aliphatic carbocycles. The number of amides is 1. The third-order valence-corrected chi connectivity index (χ3v) is 4.34. The molecule has 1 saturated carbocycles. The van der Waals surface area contributed by atoms with Crippen LogP contribution in [-0.4, -0.2) is 36.0 Å². The largest absolute Gasteiger partial charge is 0.462 e. The maximum Gasteiger partial charge on any atom is 0.345 e. The number of carbonyl (C=O) groups excluding carboxylic acids is 2. The Kier molecular flexibility index (Phi) is 3.83. The molecule has 1 heterocycles. The van der Waals surface area contributed by atoms with Crippen molar-refractivity contribution in [2.75, 3.05) is 13.7 Å². The summed E-state index contributed by atoms with van der Waals surface area (Å²) >= 11 is 0. The molecule has 2 rings (SSSR count). The summed E-state index contributed by atoms with van der Waals surface area (Å²) in [5, 5.41) is 0. The number of likely N-dealkylation sites (N-methyl/N-ethyl adjacent to an activating group) is 1. The topological polar surface area (TPSA) is 72.6 Å². The maximum absolute atomic E-state index is 12.3. The first-order valence-corrected chi connectivity index (χ1v) is 7.00. The van der Waals surface area contributed by atoms with Crippen LogP contribution in [0.4, 0.5) is 0 Å². The van der Waals surface area contributed by atoms with Gasteiger partial charge in [-0.3, -0.25) is 4.79 Å². The van der Waals surface area contributed by atoms with Gasteiger partial charge in [0.25, 0.3) is 5.91 Å². The summed E-state index contributed by atoms with van der Waals surface area (Å²) in [5.74, 6) is -0.879. The zero-order valence-corrected chi connectivity index (χ0v) is 11.7. The van der Waals surface area contributed by atoms with Crippen molar-refractivity contribution in [3.8, 4) is 0 Å². The highest BCUT2D eigenvalue weighted by atomic mass is 16.5. The highest BCUT2D eigenvalue weighted by molar-refractivity contribution is 6.19. The SMILES string of the molecule is CCOC(=O)C1=C(N)C2(CCCCCC2)N(C)C1=O. The lowest BCUT2D eigenvalue weighted by molar-refractivity contribution is -0.141. The summed E-state index contributed by atoms with van der Waals surface area (Å²) in [7, 11) is 1.74. The van der Waals surface area contributed by atoms with E-state index in [9.17, 15) is 9.59 Å². The standard InChI is InChI=1S/C14H22N2O3/c1-3-19-13(18)10-11(15)14(16(2)12(10)17)8-6-4-5-7-9-14/h3-9,15H2,1-2H3. The molecule has 0 bridgehead atoms. The van der Waals surface area contributed by atoms with Crippen molar-refractivity contribution in [3.63, 3.8) is 0 Å². The number of hydrogen-bond donors (Lipinski definition) is 1. The van der Waals surface area contributed by atoms with Crippen molar-refractivity contribution < 1.29 is 14.3 Å². The Morgan fingerprint density at radius 2 is 1.89 bits per heavy atom. The van der Waals surface area contributed by atoms with Crippen molar-refractivity contribution in [3.05, 3.63) is 11.3 Å². The summed E-state index contributed by atoms with van der Waals surface area (Å²) in [5.41, 5.74) is 6.19. The molecule has 5 nitrogen and oxygen atoms in total. The fraction of sp³-hybridized carbons (Fsp3) is 0.714. The second-order valence-electron chi connectivity index (χ2n) is 5.32. The number of carbonyl (C=O) groups is 2. The molecule has 1 spiro atoms. The normalized spacial score (nSPS) is 22.8. The molecule has 1 fully saturated rings. The Bertz CT molecular complexity index is 420. The third-order valence-electron chi connectivity index (χ3n) is 4.34. The summed E-state index contributed by atoms with van der Waals surface area (Å²) in [6.45, 7) is 1.97. The van der Waals surface area contributed by atoms with Gasteiger partial charge in [0.1, 0.15) is 5.57 Å². The van der Waals surface area contributed by atoms with Crippen molar-refractivity contribution in [2.45, 2.75) is 51.0 Å². The number of hydrogen-bond acceptors (Lipinski definition) is 4. The lowest BCUT2D eigenvalue weighted by Gasteiger charge is -2.36. The second kappa shape index (κ2) is 5.23. The van der Waals surface area contributed by atoms with Gasteiger partial charge < -0.3 is 15.4 Å². The summed E-state index contributed by atoms with van der Waals surface area (Å²) in [6, 6.07) is 0. The summed E-state index contributed by atoms with van der Waals surface area (Å²) in [4.78, 5) is 25.9. The van der Waals surface area contributed by atoms with E-state index >= 15 is 0 Å². The third kappa shape index (κ3) is 2.11. The Balaban J connectivity index is 2.39. The zero-order chi connectivity index (χ0) is 14.0. The van der Waals surface area contributed by atoms with Gasteiger partial charge in [0.2, 0.25) is 0 Å². The minimum absolute atomic E-state index is 0.0475. The molecule has 0 aromatic rings. The van der Waals surface area contributed by atoms with Gasteiger partial charge in [-0.2, -0.15) is 0 Å². The van der Waals surface area contributed by atoms with E-state index in [0.29, 0.717) is 5.70 Å². The van der Waals surface area contributed by atoms with Crippen molar-refractivity contribution in [1.29, 1.82) is 0 Å². The van der Waals surface area contributed by atoms with E-state index in [2.05, 4.69) is 0 Å². The molecule has 1 amide bonds. The van der Waals surface area contributed by atoms with Gasteiger partial charge in [0.15, 0.2) is 0 Å². The monoisotopic (exact) mass is 266 g/mol. The van der Waals surface area contributed by atoms with Crippen LogP contribution in [0.25, 0.3) is 0 Å². The van der Waals surface area contributed by atoms with Crippen LogP contribution in [0.5, 0.6) is 0 Å². The average molecular weight is 266 g/mol. The molecule has 0 radical (unpaired) electrons. The van der Waals surface area contributed by atoms with Gasteiger partial charge >= 0.3 is 5.97 Å². The Hall–Kier alpha value is -1.52. The predicted octanol–water partition coefficient (Wildman–Crippen LogP) is 1.33. The van der Waals surface area contributed by atoms with Gasteiger partial charge in [-0.05, 0) is 19.8 Å². The molecule has 2 N–H and O–H groups in total. The molecule has 2 aliphatic rings. The van der Waals surface area contributed by atoms with E-state index in [1.165, 1.54) is 0 Å². The zero-order valence-electron chi connectivity index (χ0n) is 11.7. The Morgan fingerprint density at radius 1 is 1.32 bits per heavy atom. The lowest BCUT2D eigenvalue weighted by atomic mass is 9.86.